The van der Waals surface area contributed by atoms with E-state index in [1.54, 1.807) is 0 Å². The maximum atomic E-state index is 10.6. The van der Waals surface area contributed by atoms with E-state index >= 15 is 0 Å². The molecule has 0 aromatic heterocycles. The summed E-state index contributed by atoms with van der Waals surface area (Å²) < 4.78 is 4.44. The van der Waals surface area contributed by atoms with E-state index in [-0.39, 0.29) is 11.9 Å². The van der Waals surface area contributed by atoms with Gasteiger partial charge >= 0.3 is 5.97 Å². The van der Waals surface area contributed by atoms with Crippen molar-refractivity contribution in [3.63, 3.8) is 0 Å². The highest BCUT2D eigenvalue weighted by molar-refractivity contribution is 7.99. The maximum Gasteiger partial charge on any atom is 0.315 e. The van der Waals surface area contributed by atoms with Crippen molar-refractivity contribution in [2.45, 2.75) is 12.8 Å². The zero-order valence-corrected chi connectivity index (χ0v) is 8.36. The summed E-state index contributed by atoms with van der Waals surface area (Å²) in [5.74, 6) is 5.54. The minimum Gasteiger partial charge on any atom is -0.468 e. The molecule has 6 heteroatoms. The summed E-state index contributed by atoms with van der Waals surface area (Å²) in [6.07, 6.45) is 1.11. The van der Waals surface area contributed by atoms with Gasteiger partial charge in [0.05, 0.1) is 12.9 Å². The molecule has 0 heterocycles. The second kappa shape index (κ2) is 7.88. The first kappa shape index (κ1) is 12.2. The summed E-state index contributed by atoms with van der Waals surface area (Å²) in [5, 5.41) is 0. The average Bonchev–Trinajstić information content (AvgIpc) is 2.16. The van der Waals surface area contributed by atoms with Crippen LogP contribution in [-0.2, 0) is 14.3 Å². The normalized spacial score (nSPS) is 9.38. The number of nitrogens with one attached hydrogen (secondary N) is 1. The van der Waals surface area contributed by atoms with Crippen molar-refractivity contribution in [1.82, 2.24) is 5.43 Å². The van der Waals surface area contributed by atoms with Crippen LogP contribution in [0.5, 0.6) is 0 Å². The SMILES string of the molecule is COC(=O)CSCCCC(=O)NN. The smallest absolute Gasteiger partial charge is 0.315 e. The second-order valence-electron chi connectivity index (χ2n) is 2.30. The molecule has 0 aliphatic rings. The number of hydrogen-bond acceptors (Lipinski definition) is 5. The number of carbonyl (C=O) groups is 2. The Labute approximate surface area is 81.3 Å². The summed E-state index contributed by atoms with van der Waals surface area (Å²) in [7, 11) is 1.35. The van der Waals surface area contributed by atoms with E-state index in [0.717, 1.165) is 5.75 Å². The lowest BCUT2D eigenvalue weighted by molar-refractivity contribution is -0.137. The third kappa shape index (κ3) is 7.61. The molecule has 0 aromatic carbocycles. The molecule has 0 atom stereocenters. The summed E-state index contributed by atoms with van der Waals surface area (Å²) in [4.78, 5) is 21.3. The number of esters is 1. The molecule has 5 nitrogen and oxygen atoms in total. The molecule has 1 amide bonds. The van der Waals surface area contributed by atoms with Gasteiger partial charge in [-0.1, -0.05) is 0 Å². The van der Waals surface area contributed by atoms with Crippen LogP contribution in [-0.4, -0.2) is 30.5 Å². The zero-order valence-electron chi connectivity index (χ0n) is 7.54. The molecule has 0 saturated heterocycles. The lowest BCUT2D eigenvalue weighted by atomic mass is 10.3. The van der Waals surface area contributed by atoms with Crippen molar-refractivity contribution in [3.8, 4) is 0 Å². The first-order chi connectivity index (χ1) is 6.20. The van der Waals surface area contributed by atoms with Crippen LogP contribution in [0.25, 0.3) is 0 Å². The monoisotopic (exact) mass is 206 g/mol. The van der Waals surface area contributed by atoms with Gasteiger partial charge in [0.2, 0.25) is 5.91 Å². The molecule has 0 saturated carbocycles. The summed E-state index contributed by atoms with van der Waals surface area (Å²) in [5.41, 5.74) is 2.04. The molecule has 0 rings (SSSR count). The van der Waals surface area contributed by atoms with E-state index in [9.17, 15) is 9.59 Å². The van der Waals surface area contributed by atoms with Crippen LogP contribution < -0.4 is 11.3 Å². The number of methoxy groups -OCH3 is 1. The molecular weight excluding hydrogens is 192 g/mol. The van der Waals surface area contributed by atoms with E-state index in [0.29, 0.717) is 18.6 Å². The number of carbonyl (C=O) groups excluding carboxylic acids is 2. The number of rotatable bonds is 6. The van der Waals surface area contributed by atoms with Crippen molar-refractivity contribution >= 4 is 23.6 Å². The lowest BCUT2D eigenvalue weighted by Crippen LogP contribution is -2.29. The van der Waals surface area contributed by atoms with Gasteiger partial charge in [-0.2, -0.15) is 11.8 Å². The maximum absolute atomic E-state index is 10.6. The number of ether oxygens (including phenoxy) is 1. The van der Waals surface area contributed by atoms with Gasteiger partial charge in [0.25, 0.3) is 0 Å². The Hall–Kier alpha value is -0.750. The molecule has 0 aromatic rings. The predicted molar refractivity (Wildman–Crippen MR) is 50.9 cm³/mol. The van der Waals surface area contributed by atoms with Crippen LogP contribution >= 0.6 is 11.8 Å². The molecule has 0 aliphatic heterocycles. The fraction of sp³-hybridized carbons (Fsp3) is 0.714. The standard InChI is InChI=1S/C7H14N2O3S/c1-12-7(11)5-13-4-2-3-6(10)9-8/h2-5,8H2,1H3,(H,9,10). The number of nitrogens with two attached hydrogens (primary N) is 1. The Bertz CT molecular complexity index is 157. The van der Waals surface area contributed by atoms with Crippen LogP contribution in [0, 0.1) is 0 Å². The van der Waals surface area contributed by atoms with Crippen molar-refractivity contribution in [2.75, 3.05) is 18.6 Å². The highest BCUT2D eigenvalue weighted by Gasteiger charge is 2.01. The zero-order chi connectivity index (χ0) is 10.1. The Morgan fingerprint density at radius 1 is 1.54 bits per heavy atom. The summed E-state index contributed by atoms with van der Waals surface area (Å²) in [6.45, 7) is 0. The fourth-order valence-corrected chi connectivity index (χ4v) is 1.40. The van der Waals surface area contributed by atoms with Crippen molar-refractivity contribution < 1.29 is 14.3 Å². The molecule has 0 bridgehead atoms. The molecule has 0 unspecified atom stereocenters. The van der Waals surface area contributed by atoms with Crippen molar-refractivity contribution in [1.29, 1.82) is 0 Å². The van der Waals surface area contributed by atoms with Gasteiger partial charge in [0, 0.05) is 6.42 Å². The molecule has 0 spiro atoms. The van der Waals surface area contributed by atoms with Crippen LogP contribution in [0.2, 0.25) is 0 Å². The molecule has 76 valence electrons. The van der Waals surface area contributed by atoms with Crippen molar-refractivity contribution in [3.05, 3.63) is 0 Å². The highest BCUT2D eigenvalue weighted by Crippen LogP contribution is 2.04. The summed E-state index contributed by atoms with van der Waals surface area (Å²) in [6, 6.07) is 0. The fourth-order valence-electron chi connectivity index (χ4n) is 0.621. The third-order valence-corrected chi connectivity index (χ3v) is 2.32. The largest absolute Gasteiger partial charge is 0.468 e. The highest BCUT2D eigenvalue weighted by atomic mass is 32.2. The van der Waals surface area contributed by atoms with Crippen LogP contribution in [0.4, 0.5) is 0 Å². The number of thioether (sulfide) groups is 1. The molecule has 13 heavy (non-hydrogen) atoms. The minimum absolute atomic E-state index is 0.182. The van der Waals surface area contributed by atoms with Crippen LogP contribution in [0.3, 0.4) is 0 Å². The topological polar surface area (TPSA) is 81.4 Å². The van der Waals surface area contributed by atoms with E-state index < -0.39 is 0 Å². The Morgan fingerprint density at radius 3 is 2.77 bits per heavy atom. The van der Waals surface area contributed by atoms with Gasteiger partial charge in [0.1, 0.15) is 0 Å². The molecule has 0 fully saturated rings. The number of hydrogen-bond donors (Lipinski definition) is 2. The second-order valence-corrected chi connectivity index (χ2v) is 3.40. The van der Waals surface area contributed by atoms with Gasteiger partial charge in [0.15, 0.2) is 0 Å². The first-order valence-electron chi connectivity index (χ1n) is 3.84. The Morgan fingerprint density at radius 2 is 2.23 bits per heavy atom. The van der Waals surface area contributed by atoms with Gasteiger partial charge in [-0.05, 0) is 12.2 Å². The van der Waals surface area contributed by atoms with E-state index in [1.807, 2.05) is 5.43 Å². The summed E-state index contributed by atoms with van der Waals surface area (Å²) >= 11 is 1.44. The molecular formula is C7H14N2O3S. The molecule has 0 aliphatic carbocycles. The predicted octanol–water partition coefficient (Wildman–Crippen LogP) is -0.337. The van der Waals surface area contributed by atoms with Crippen LogP contribution in [0.15, 0.2) is 0 Å². The minimum atomic E-state index is -0.242. The van der Waals surface area contributed by atoms with Gasteiger partial charge in [-0.3, -0.25) is 15.0 Å². The van der Waals surface area contributed by atoms with E-state index in [1.165, 1.54) is 18.9 Å². The van der Waals surface area contributed by atoms with Crippen molar-refractivity contribution in [2.24, 2.45) is 5.84 Å². The first-order valence-corrected chi connectivity index (χ1v) is 5.00. The Balaban J connectivity index is 3.17. The quantitative estimate of drug-likeness (QED) is 0.204. The Kier molecular flexibility index (Phi) is 7.42. The number of amides is 1. The van der Waals surface area contributed by atoms with Gasteiger partial charge in [-0.15, -0.1) is 0 Å². The van der Waals surface area contributed by atoms with E-state index in [2.05, 4.69) is 4.74 Å². The lowest BCUT2D eigenvalue weighted by Gasteiger charge is -2.00. The third-order valence-electron chi connectivity index (χ3n) is 1.30. The van der Waals surface area contributed by atoms with Gasteiger partial charge < -0.3 is 4.74 Å². The molecule has 0 radical (unpaired) electrons. The average molecular weight is 206 g/mol. The molecule has 3 N–H and O–H groups in total. The van der Waals surface area contributed by atoms with Crippen LogP contribution in [0.1, 0.15) is 12.8 Å². The van der Waals surface area contributed by atoms with Gasteiger partial charge in [-0.25, -0.2) is 5.84 Å². The number of hydrazine groups is 1. The van der Waals surface area contributed by atoms with E-state index in [4.69, 9.17) is 5.84 Å².